The van der Waals surface area contributed by atoms with Crippen molar-refractivity contribution >= 4 is 10.9 Å². The Bertz CT molecular complexity index is 514. The third kappa shape index (κ3) is 1.48. The molecular weight excluding hydrogens is 193 g/mol. The SMILES string of the molecule is Cc1cn(C(C)C)c2cc(F)cc(O)c12. The van der Waals surface area contributed by atoms with Gasteiger partial charge in [0, 0.05) is 23.7 Å². The normalized spacial score (nSPS) is 11.5. The van der Waals surface area contributed by atoms with E-state index in [1.807, 2.05) is 31.5 Å². The monoisotopic (exact) mass is 207 g/mol. The highest BCUT2D eigenvalue weighted by Gasteiger charge is 2.12. The molecule has 0 spiro atoms. The highest BCUT2D eigenvalue weighted by atomic mass is 19.1. The number of aromatic hydroxyl groups is 1. The Kier molecular flexibility index (Phi) is 2.18. The second kappa shape index (κ2) is 3.26. The molecule has 0 aliphatic carbocycles. The molecule has 0 atom stereocenters. The molecule has 0 saturated heterocycles. The van der Waals surface area contributed by atoms with Crippen molar-refractivity contribution in [3.05, 3.63) is 29.7 Å². The van der Waals surface area contributed by atoms with Crippen LogP contribution in [0.4, 0.5) is 4.39 Å². The quantitative estimate of drug-likeness (QED) is 0.762. The van der Waals surface area contributed by atoms with Gasteiger partial charge in [-0.2, -0.15) is 0 Å². The van der Waals surface area contributed by atoms with Crippen LogP contribution in [-0.2, 0) is 0 Å². The van der Waals surface area contributed by atoms with Crippen molar-refractivity contribution < 1.29 is 9.50 Å². The maximum Gasteiger partial charge on any atom is 0.129 e. The summed E-state index contributed by atoms with van der Waals surface area (Å²) >= 11 is 0. The number of nitrogens with zero attached hydrogens (tertiary/aromatic N) is 1. The van der Waals surface area contributed by atoms with Gasteiger partial charge >= 0.3 is 0 Å². The molecule has 80 valence electrons. The third-order valence-corrected chi connectivity index (χ3v) is 2.62. The Morgan fingerprint density at radius 1 is 1.33 bits per heavy atom. The van der Waals surface area contributed by atoms with Crippen molar-refractivity contribution in [2.75, 3.05) is 0 Å². The Morgan fingerprint density at radius 2 is 2.00 bits per heavy atom. The summed E-state index contributed by atoms with van der Waals surface area (Å²) < 4.78 is 15.1. The van der Waals surface area contributed by atoms with Crippen molar-refractivity contribution in [1.82, 2.24) is 4.57 Å². The van der Waals surface area contributed by atoms with E-state index in [9.17, 15) is 9.50 Å². The first kappa shape index (κ1) is 10.0. The highest BCUT2D eigenvalue weighted by Crippen LogP contribution is 2.32. The van der Waals surface area contributed by atoms with Gasteiger partial charge in [-0.25, -0.2) is 4.39 Å². The van der Waals surface area contributed by atoms with E-state index in [1.54, 1.807) is 0 Å². The number of halogens is 1. The molecule has 3 heteroatoms. The van der Waals surface area contributed by atoms with Crippen molar-refractivity contribution in [3.63, 3.8) is 0 Å². The average molecular weight is 207 g/mol. The predicted octanol–water partition coefficient (Wildman–Crippen LogP) is 3.38. The first-order valence-electron chi connectivity index (χ1n) is 5.00. The van der Waals surface area contributed by atoms with Crippen molar-refractivity contribution in [2.24, 2.45) is 0 Å². The largest absolute Gasteiger partial charge is 0.507 e. The van der Waals surface area contributed by atoms with Crippen molar-refractivity contribution in [3.8, 4) is 5.75 Å². The summed E-state index contributed by atoms with van der Waals surface area (Å²) in [6, 6.07) is 2.87. The van der Waals surface area contributed by atoms with E-state index in [-0.39, 0.29) is 11.8 Å². The average Bonchev–Trinajstić information content (AvgIpc) is 2.42. The number of fused-ring (bicyclic) bond motifs is 1. The van der Waals surface area contributed by atoms with Crippen LogP contribution in [0, 0.1) is 12.7 Å². The topological polar surface area (TPSA) is 25.2 Å². The first-order chi connectivity index (χ1) is 7.00. The molecule has 2 nitrogen and oxygen atoms in total. The number of phenols is 1. The summed E-state index contributed by atoms with van der Waals surface area (Å²) in [6.07, 6.45) is 1.94. The minimum Gasteiger partial charge on any atom is -0.507 e. The van der Waals surface area contributed by atoms with E-state index in [4.69, 9.17) is 0 Å². The molecule has 0 bridgehead atoms. The van der Waals surface area contributed by atoms with Crippen LogP contribution in [0.25, 0.3) is 10.9 Å². The summed E-state index contributed by atoms with van der Waals surface area (Å²) in [7, 11) is 0. The van der Waals surface area contributed by atoms with Crippen LogP contribution in [0.3, 0.4) is 0 Å². The van der Waals surface area contributed by atoms with Crippen LogP contribution >= 0.6 is 0 Å². The van der Waals surface area contributed by atoms with Gasteiger partial charge in [0.25, 0.3) is 0 Å². The molecular formula is C12H14FNO. The Hall–Kier alpha value is -1.51. The van der Waals surface area contributed by atoms with E-state index in [1.165, 1.54) is 6.07 Å². The van der Waals surface area contributed by atoms with Crippen LogP contribution in [-0.4, -0.2) is 9.67 Å². The van der Waals surface area contributed by atoms with Gasteiger partial charge in [-0.15, -0.1) is 0 Å². The van der Waals surface area contributed by atoms with Crippen LogP contribution in [0.1, 0.15) is 25.5 Å². The van der Waals surface area contributed by atoms with Gasteiger partial charge in [0.2, 0.25) is 0 Å². The van der Waals surface area contributed by atoms with Gasteiger partial charge in [0.15, 0.2) is 0 Å². The lowest BCUT2D eigenvalue weighted by atomic mass is 10.1. The summed E-state index contributed by atoms with van der Waals surface area (Å²) in [5, 5.41) is 10.4. The molecule has 1 N–H and O–H groups in total. The van der Waals surface area contributed by atoms with Crippen LogP contribution in [0.15, 0.2) is 18.3 Å². The third-order valence-electron chi connectivity index (χ3n) is 2.62. The number of rotatable bonds is 1. The lowest BCUT2D eigenvalue weighted by Crippen LogP contribution is -1.98. The van der Waals surface area contributed by atoms with Gasteiger partial charge in [0.05, 0.1) is 5.52 Å². The summed E-state index contributed by atoms with van der Waals surface area (Å²) in [4.78, 5) is 0. The first-order valence-corrected chi connectivity index (χ1v) is 5.00. The maximum absolute atomic E-state index is 13.2. The molecule has 1 aromatic heterocycles. The van der Waals surface area contributed by atoms with Gasteiger partial charge < -0.3 is 9.67 Å². The van der Waals surface area contributed by atoms with E-state index in [0.29, 0.717) is 0 Å². The lowest BCUT2D eigenvalue weighted by molar-refractivity contribution is 0.475. The number of aromatic nitrogens is 1. The zero-order valence-electron chi connectivity index (χ0n) is 9.08. The lowest BCUT2D eigenvalue weighted by Gasteiger charge is -2.09. The fraction of sp³-hybridized carbons (Fsp3) is 0.333. The van der Waals surface area contributed by atoms with Gasteiger partial charge in [0.1, 0.15) is 11.6 Å². The minimum absolute atomic E-state index is 0.0156. The summed E-state index contributed by atoms with van der Waals surface area (Å²) in [5.41, 5.74) is 1.72. The number of hydrogen-bond acceptors (Lipinski definition) is 1. The summed E-state index contributed by atoms with van der Waals surface area (Å²) in [5.74, 6) is -0.387. The Balaban J connectivity index is 2.87. The highest BCUT2D eigenvalue weighted by molar-refractivity contribution is 5.89. The molecule has 15 heavy (non-hydrogen) atoms. The summed E-state index contributed by atoms with van der Waals surface area (Å²) in [6.45, 7) is 5.97. The number of phenolic OH excluding ortho intramolecular Hbond substituents is 1. The molecule has 0 aliphatic rings. The molecule has 0 unspecified atom stereocenters. The van der Waals surface area contributed by atoms with Crippen molar-refractivity contribution in [2.45, 2.75) is 26.8 Å². The van der Waals surface area contributed by atoms with E-state index in [2.05, 4.69) is 0 Å². The van der Waals surface area contributed by atoms with Crippen LogP contribution in [0.2, 0.25) is 0 Å². The Morgan fingerprint density at radius 3 is 2.60 bits per heavy atom. The van der Waals surface area contributed by atoms with Crippen molar-refractivity contribution in [1.29, 1.82) is 0 Å². The smallest absolute Gasteiger partial charge is 0.129 e. The number of benzene rings is 1. The Labute approximate surface area is 88.0 Å². The molecule has 0 amide bonds. The zero-order chi connectivity index (χ0) is 11.2. The fourth-order valence-corrected chi connectivity index (χ4v) is 1.96. The fourth-order valence-electron chi connectivity index (χ4n) is 1.96. The second-order valence-electron chi connectivity index (χ2n) is 4.13. The van der Waals surface area contributed by atoms with E-state index in [0.717, 1.165) is 22.5 Å². The molecule has 0 saturated carbocycles. The second-order valence-corrected chi connectivity index (χ2v) is 4.13. The maximum atomic E-state index is 13.2. The van der Waals surface area contributed by atoms with E-state index < -0.39 is 5.82 Å². The molecule has 2 aromatic rings. The number of aryl methyl sites for hydroxylation is 1. The molecule has 0 fully saturated rings. The minimum atomic E-state index is -0.403. The molecule has 0 aliphatic heterocycles. The van der Waals surface area contributed by atoms with E-state index >= 15 is 0 Å². The molecule has 1 heterocycles. The van der Waals surface area contributed by atoms with Gasteiger partial charge in [-0.1, -0.05) is 0 Å². The van der Waals surface area contributed by atoms with Gasteiger partial charge in [-0.05, 0) is 32.4 Å². The van der Waals surface area contributed by atoms with Crippen LogP contribution in [0.5, 0.6) is 5.75 Å². The van der Waals surface area contributed by atoms with Crippen LogP contribution < -0.4 is 0 Å². The zero-order valence-corrected chi connectivity index (χ0v) is 9.08. The molecule has 2 rings (SSSR count). The van der Waals surface area contributed by atoms with Gasteiger partial charge in [-0.3, -0.25) is 0 Å². The number of hydrogen-bond donors (Lipinski definition) is 1. The molecule has 1 aromatic carbocycles. The molecule has 0 radical (unpaired) electrons. The standard InChI is InChI=1S/C12H14FNO/c1-7(2)14-6-8(3)12-10(14)4-9(13)5-11(12)15/h4-7,15H,1-3H3. The predicted molar refractivity (Wildman–Crippen MR) is 58.7 cm³/mol.